The lowest BCUT2D eigenvalue weighted by Gasteiger charge is -2.27. The fourth-order valence-electron chi connectivity index (χ4n) is 4.07. The van der Waals surface area contributed by atoms with Gasteiger partial charge in [0.2, 0.25) is 0 Å². The maximum Gasteiger partial charge on any atom is 0.163 e. The molecule has 10 heteroatoms. The number of methoxy groups -OCH3 is 2. The average Bonchev–Trinajstić information content (AvgIpc) is 3.14. The van der Waals surface area contributed by atoms with E-state index >= 15 is 0 Å². The van der Waals surface area contributed by atoms with Crippen molar-refractivity contribution in [1.29, 1.82) is 0 Å². The Labute approximate surface area is 192 Å². The summed E-state index contributed by atoms with van der Waals surface area (Å²) in [6.45, 7) is 3.58. The van der Waals surface area contributed by atoms with E-state index in [1.807, 2.05) is 48.5 Å². The highest BCUT2D eigenvalue weighted by Crippen LogP contribution is 2.36. The highest BCUT2D eigenvalue weighted by molar-refractivity contribution is 5.30. The van der Waals surface area contributed by atoms with Crippen molar-refractivity contribution in [2.75, 3.05) is 14.2 Å². The summed E-state index contributed by atoms with van der Waals surface area (Å²) >= 11 is 0. The third-order valence-electron chi connectivity index (χ3n) is 5.48. The predicted octanol–water partition coefficient (Wildman–Crippen LogP) is 5.37. The fraction of sp³-hybridized carbons (Fsp3) is 0.478. The van der Waals surface area contributed by atoms with Crippen molar-refractivity contribution in [3.05, 3.63) is 80.5 Å². The van der Waals surface area contributed by atoms with E-state index in [0.29, 0.717) is 24.3 Å². The summed E-state index contributed by atoms with van der Waals surface area (Å²) in [4.78, 5) is 6.10. The number of benzene rings is 2. The van der Waals surface area contributed by atoms with Crippen LogP contribution in [0.25, 0.3) is 20.9 Å². The summed E-state index contributed by atoms with van der Waals surface area (Å²) in [6.07, 6.45) is -0.431. The van der Waals surface area contributed by atoms with Gasteiger partial charge >= 0.3 is 0 Å². The third-order valence-corrected chi connectivity index (χ3v) is 5.48. The second kappa shape index (κ2) is 10.9. The van der Waals surface area contributed by atoms with Gasteiger partial charge in [0, 0.05) is 9.82 Å². The average molecular weight is 453 g/mol. The van der Waals surface area contributed by atoms with Gasteiger partial charge in [-0.2, -0.15) is 0 Å². The molecule has 10 nitrogen and oxygen atoms in total. The molecular weight excluding hydrogens is 424 g/mol. The van der Waals surface area contributed by atoms with Gasteiger partial charge in [0.1, 0.15) is 11.5 Å². The van der Waals surface area contributed by atoms with Gasteiger partial charge in [0.05, 0.1) is 38.5 Å². The molecule has 0 amide bonds. The first-order chi connectivity index (χ1) is 15.9. The molecule has 1 saturated heterocycles. The highest BCUT2D eigenvalue weighted by Gasteiger charge is 2.48. The lowest BCUT2D eigenvalue weighted by Crippen LogP contribution is -2.42. The zero-order valence-electron chi connectivity index (χ0n) is 19.2. The summed E-state index contributed by atoms with van der Waals surface area (Å²) in [5.41, 5.74) is 20.4. The molecule has 1 aliphatic heterocycles. The topological polar surface area (TPSA) is 134 Å². The van der Waals surface area contributed by atoms with E-state index in [2.05, 4.69) is 20.1 Å². The Morgan fingerprint density at radius 3 is 1.64 bits per heavy atom. The normalized spacial score (nSPS) is 20.7. The Morgan fingerprint density at radius 1 is 0.848 bits per heavy atom. The van der Waals surface area contributed by atoms with Crippen LogP contribution in [0.3, 0.4) is 0 Å². The van der Waals surface area contributed by atoms with Crippen molar-refractivity contribution < 1.29 is 18.9 Å². The molecule has 174 valence electrons. The van der Waals surface area contributed by atoms with Gasteiger partial charge in [0.15, 0.2) is 5.79 Å². The van der Waals surface area contributed by atoms with Crippen molar-refractivity contribution in [2.24, 2.45) is 10.2 Å². The maximum absolute atomic E-state index is 9.27. The van der Waals surface area contributed by atoms with E-state index in [1.165, 1.54) is 0 Å². The Balaban J connectivity index is 1.92. The van der Waals surface area contributed by atoms with Crippen molar-refractivity contribution in [2.45, 2.75) is 56.8 Å². The van der Waals surface area contributed by atoms with Crippen LogP contribution in [0.2, 0.25) is 0 Å². The molecule has 0 aliphatic carbocycles. The highest BCUT2D eigenvalue weighted by atomic mass is 16.8. The minimum Gasteiger partial charge on any atom is -0.497 e. The van der Waals surface area contributed by atoms with Gasteiger partial charge in [-0.25, -0.2) is 0 Å². The lowest BCUT2D eigenvalue weighted by molar-refractivity contribution is -0.149. The van der Waals surface area contributed by atoms with Crippen LogP contribution in [0.4, 0.5) is 0 Å². The van der Waals surface area contributed by atoms with Crippen LogP contribution in [0.1, 0.15) is 25.0 Å². The van der Waals surface area contributed by atoms with Crippen molar-refractivity contribution in [3.8, 4) is 11.5 Å². The minimum atomic E-state index is -0.940. The number of hydrogen-bond donors (Lipinski definition) is 0. The molecule has 33 heavy (non-hydrogen) atoms. The minimum absolute atomic E-state index is 0.407. The Morgan fingerprint density at radius 2 is 1.27 bits per heavy atom. The van der Waals surface area contributed by atoms with Crippen molar-refractivity contribution in [1.82, 2.24) is 0 Å². The van der Waals surface area contributed by atoms with E-state index in [4.69, 9.17) is 18.9 Å². The number of rotatable bonds is 10. The predicted molar refractivity (Wildman–Crippen MR) is 123 cm³/mol. The van der Waals surface area contributed by atoms with Gasteiger partial charge in [-0.15, -0.1) is 0 Å². The Bertz CT molecular complexity index is 967. The summed E-state index contributed by atoms with van der Waals surface area (Å²) in [7, 11) is 3.19. The first-order valence-corrected chi connectivity index (χ1v) is 10.6. The summed E-state index contributed by atoms with van der Waals surface area (Å²) in [6, 6.07) is 13.9. The molecule has 0 spiro atoms. The van der Waals surface area contributed by atoms with Gasteiger partial charge in [-0.05, 0) is 73.1 Å². The van der Waals surface area contributed by atoms with Crippen LogP contribution in [-0.2, 0) is 22.3 Å². The van der Waals surface area contributed by atoms with Gasteiger partial charge in [-0.1, -0.05) is 34.5 Å². The smallest absolute Gasteiger partial charge is 0.163 e. The summed E-state index contributed by atoms with van der Waals surface area (Å²) in [5.74, 6) is 0.472. The van der Waals surface area contributed by atoms with Crippen LogP contribution in [0.5, 0.6) is 11.5 Å². The zero-order chi connectivity index (χ0) is 23.8. The molecule has 1 aliphatic rings. The van der Waals surface area contributed by atoms with E-state index in [1.54, 1.807) is 28.1 Å². The van der Waals surface area contributed by atoms with Crippen LogP contribution < -0.4 is 9.47 Å². The van der Waals surface area contributed by atoms with E-state index < -0.39 is 30.1 Å². The number of azide groups is 2. The number of nitrogens with zero attached hydrogens (tertiary/aromatic N) is 6. The summed E-state index contributed by atoms with van der Waals surface area (Å²) in [5, 5.41) is 8.06. The molecule has 0 bridgehead atoms. The second-order valence-electron chi connectivity index (χ2n) is 8.22. The van der Waals surface area contributed by atoms with E-state index in [0.717, 1.165) is 11.1 Å². The first-order valence-electron chi connectivity index (χ1n) is 10.6. The second-order valence-corrected chi connectivity index (χ2v) is 8.22. The third kappa shape index (κ3) is 6.31. The fourth-order valence-corrected chi connectivity index (χ4v) is 4.07. The summed E-state index contributed by atoms with van der Waals surface area (Å²) < 4.78 is 23.0. The van der Waals surface area contributed by atoms with Crippen molar-refractivity contribution in [3.63, 3.8) is 0 Å². The van der Waals surface area contributed by atoms with Gasteiger partial charge < -0.3 is 18.9 Å². The molecule has 2 aromatic rings. The molecule has 2 aromatic carbocycles. The van der Waals surface area contributed by atoms with Gasteiger partial charge in [-0.3, -0.25) is 0 Å². The zero-order valence-corrected chi connectivity index (χ0v) is 19.2. The van der Waals surface area contributed by atoms with Crippen LogP contribution in [-0.4, -0.2) is 44.3 Å². The van der Waals surface area contributed by atoms with E-state index in [9.17, 15) is 11.1 Å². The SMILES string of the molecule is COc1cccc(C[C@@H](N=[N+]=[N-])[C@@H]2OC(C)(C)O[C@H]2[C@@H](Cc2cccc(OC)c2)N=[N+]=[N-])c1. The first kappa shape index (κ1) is 24.2. The molecule has 0 saturated carbocycles. The quantitative estimate of drug-likeness (QED) is 0.272. The maximum atomic E-state index is 9.27. The van der Waals surface area contributed by atoms with Gasteiger partial charge in [0.25, 0.3) is 0 Å². The number of hydrogen-bond acceptors (Lipinski definition) is 6. The molecule has 0 aromatic heterocycles. The van der Waals surface area contributed by atoms with Crippen LogP contribution in [0, 0.1) is 0 Å². The molecule has 0 unspecified atom stereocenters. The molecular formula is C23H28N6O4. The molecule has 4 atom stereocenters. The van der Waals surface area contributed by atoms with Crippen LogP contribution in [0.15, 0.2) is 58.8 Å². The van der Waals surface area contributed by atoms with E-state index in [-0.39, 0.29) is 0 Å². The Hall–Kier alpha value is -3.42. The van der Waals surface area contributed by atoms with Crippen molar-refractivity contribution >= 4 is 0 Å². The molecule has 0 N–H and O–H groups in total. The van der Waals surface area contributed by atoms with Crippen LogP contribution >= 0.6 is 0 Å². The molecule has 3 rings (SSSR count). The molecule has 0 radical (unpaired) electrons. The molecule has 1 heterocycles. The standard InChI is InChI=1S/C23H28N6O4/c1-23(2)32-21(19(26-28-24)13-15-7-5-9-17(11-15)30-3)22(33-23)20(27-29-25)14-16-8-6-10-18(12-16)31-4/h5-12,19-22H,13-14H2,1-4H3/t19-,20-,21+,22+/m1/s1. The number of ether oxygens (including phenoxy) is 4. The Kier molecular flexibility index (Phi) is 8.03. The molecule has 1 fully saturated rings. The largest absolute Gasteiger partial charge is 0.497 e. The lowest BCUT2D eigenvalue weighted by atomic mass is 9.92. The monoisotopic (exact) mass is 452 g/mol.